The van der Waals surface area contributed by atoms with E-state index in [0.29, 0.717) is 18.0 Å². The molecular formula is C10H14F3N5OS. The molecule has 112 valence electrons. The van der Waals surface area contributed by atoms with E-state index in [1.165, 1.54) is 4.68 Å². The zero-order valence-electron chi connectivity index (χ0n) is 10.8. The van der Waals surface area contributed by atoms with Crippen molar-refractivity contribution in [1.29, 1.82) is 0 Å². The standard InChI is InChI=1S/C10H14F3N5OS/c1-17-9(14-15-16-17)20-6-8(19)18-5-3-2-4-7(18)10(11,12)13/h7H,2-6H2,1H3. The third kappa shape index (κ3) is 3.41. The number of halogens is 3. The van der Waals surface area contributed by atoms with Crippen molar-refractivity contribution in [2.45, 2.75) is 36.6 Å². The lowest BCUT2D eigenvalue weighted by atomic mass is 10.0. The van der Waals surface area contributed by atoms with Crippen LogP contribution in [0.3, 0.4) is 0 Å². The first-order valence-electron chi connectivity index (χ1n) is 6.11. The summed E-state index contributed by atoms with van der Waals surface area (Å²) < 4.78 is 40.0. The van der Waals surface area contributed by atoms with Crippen molar-refractivity contribution in [1.82, 2.24) is 25.1 Å². The zero-order chi connectivity index (χ0) is 14.8. The number of aromatic nitrogens is 4. The van der Waals surface area contributed by atoms with Gasteiger partial charge in [0.25, 0.3) is 0 Å². The predicted octanol–water partition coefficient (Wildman–Crippen LogP) is 1.25. The minimum absolute atomic E-state index is 0.0224. The van der Waals surface area contributed by atoms with Gasteiger partial charge in [-0.3, -0.25) is 4.79 Å². The van der Waals surface area contributed by atoms with Crippen molar-refractivity contribution < 1.29 is 18.0 Å². The highest BCUT2D eigenvalue weighted by molar-refractivity contribution is 7.99. The first kappa shape index (κ1) is 15.1. The lowest BCUT2D eigenvalue weighted by Gasteiger charge is -2.36. The van der Waals surface area contributed by atoms with Crippen LogP contribution in [0.1, 0.15) is 19.3 Å². The third-order valence-corrected chi connectivity index (χ3v) is 4.10. The molecule has 1 fully saturated rings. The molecule has 0 aliphatic carbocycles. The van der Waals surface area contributed by atoms with Crippen LogP contribution in [0.4, 0.5) is 13.2 Å². The molecule has 1 aliphatic rings. The highest BCUT2D eigenvalue weighted by Gasteiger charge is 2.46. The molecule has 0 spiro atoms. The first-order chi connectivity index (χ1) is 9.39. The van der Waals surface area contributed by atoms with Gasteiger partial charge in [0.1, 0.15) is 6.04 Å². The number of thioether (sulfide) groups is 1. The molecule has 2 heterocycles. The zero-order valence-corrected chi connectivity index (χ0v) is 11.6. The lowest BCUT2D eigenvalue weighted by molar-refractivity contribution is -0.194. The van der Waals surface area contributed by atoms with E-state index >= 15 is 0 Å². The van der Waals surface area contributed by atoms with E-state index in [9.17, 15) is 18.0 Å². The number of amides is 1. The van der Waals surface area contributed by atoms with Crippen LogP contribution in [-0.2, 0) is 11.8 Å². The van der Waals surface area contributed by atoms with Crippen LogP contribution in [0.5, 0.6) is 0 Å². The van der Waals surface area contributed by atoms with Gasteiger partial charge in [0.05, 0.1) is 5.75 Å². The van der Waals surface area contributed by atoms with E-state index < -0.39 is 18.1 Å². The largest absolute Gasteiger partial charge is 0.408 e. The number of rotatable bonds is 3. The second-order valence-electron chi connectivity index (χ2n) is 4.51. The fraction of sp³-hybridized carbons (Fsp3) is 0.800. The number of carbonyl (C=O) groups is 1. The minimum Gasteiger partial charge on any atom is -0.330 e. The molecule has 2 rings (SSSR count). The highest BCUT2D eigenvalue weighted by atomic mass is 32.2. The molecule has 0 radical (unpaired) electrons. The Kier molecular flexibility index (Phi) is 4.51. The Morgan fingerprint density at radius 1 is 1.45 bits per heavy atom. The average Bonchev–Trinajstić information content (AvgIpc) is 2.80. The minimum atomic E-state index is -4.37. The Morgan fingerprint density at radius 2 is 2.20 bits per heavy atom. The van der Waals surface area contributed by atoms with Crippen molar-refractivity contribution in [3.05, 3.63) is 0 Å². The summed E-state index contributed by atoms with van der Waals surface area (Å²) in [7, 11) is 1.60. The van der Waals surface area contributed by atoms with Gasteiger partial charge in [-0.25, -0.2) is 4.68 Å². The molecule has 1 aromatic rings. The summed E-state index contributed by atoms with van der Waals surface area (Å²) in [5.41, 5.74) is 0. The smallest absolute Gasteiger partial charge is 0.330 e. The summed E-state index contributed by atoms with van der Waals surface area (Å²) >= 11 is 1.04. The Labute approximate surface area is 117 Å². The second kappa shape index (κ2) is 5.98. The van der Waals surface area contributed by atoms with Crippen molar-refractivity contribution in [2.75, 3.05) is 12.3 Å². The van der Waals surface area contributed by atoms with Crippen LogP contribution in [0.15, 0.2) is 5.16 Å². The molecule has 20 heavy (non-hydrogen) atoms. The van der Waals surface area contributed by atoms with E-state index in [-0.39, 0.29) is 18.7 Å². The number of piperidine rings is 1. The van der Waals surface area contributed by atoms with Gasteiger partial charge in [-0.1, -0.05) is 11.8 Å². The van der Waals surface area contributed by atoms with Crippen molar-refractivity contribution in [2.24, 2.45) is 7.05 Å². The third-order valence-electron chi connectivity index (χ3n) is 3.11. The van der Waals surface area contributed by atoms with E-state index in [0.717, 1.165) is 16.7 Å². The van der Waals surface area contributed by atoms with Gasteiger partial charge < -0.3 is 4.90 Å². The quantitative estimate of drug-likeness (QED) is 0.786. The van der Waals surface area contributed by atoms with Crippen molar-refractivity contribution in [3.8, 4) is 0 Å². The van der Waals surface area contributed by atoms with Crippen molar-refractivity contribution >= 4 is 17.7 Å². The highest BCUT2D eigenvalue weighted by Crippen LogP contribution is 2.32. The van der Waals surface area contributed by atoms with Crippen LogP contribution in [0, 0.1) is 0 Å². The Balaban J connectivity index is 1.98. The number of hydrogen-bond donors (Lipinski definition) is 0. The summed E-state index contributed by atoms with van der Waals surface area (Å²) in [5, 5.41) is 11.1. The van der Waals surface area contributed by atoms with Crippen molar-refractivity contribution in [3.63, 3.8) is 0 Å². The summed E-state index contributed by atoms with van der Waals surface area (Å²) in [6, 6.07) is -1.66. The topological polar surface area (TPSA) is 63.9 Å². The fourth-order valence-corrected chi connectivity index (χ4v) is 2.86. The molecule has 1 unspecified atom stereocenters. The fourth-order valence-electron chi connectivity index (χ4n) is 2.12. The Hall–Kier alpha value is -1.32. The van der Waals surface area contributed by atoms with Crippen LogP contribution >= 0.6 is 11.8 Å². The lowest BCUT2D eigenvalue weighted by Crippen LogP contribution is -2.51. The van der Waals surface area contributed by atoms with E-state index in [4.69, 9.17) is 0 Å². The number of hydrogen-bond acceptors (Lipinski definition) is 5. The maximum atomic E-state index is 12.9. The molecule has 6 nitrogen and oxygen atoms in total. The van der Waals surface area contributed by atoms with Crippen LogP contribution in [0.25, 0.3) is 0 Å². The molecule has 0 N–H and O–H groups in total. The number of aryl methyl sites for hydroxylation is 1. The monoisotopic (exact) mass is 309 g/mol. The van der Waals surface area contributed by atoms with Gasteiger partial charge in [0, 0.05) is 13.6 Å². The average molecular weight is 309 g/mol. The molecule has 1 atom stereocenters. The number of likely N-dealkylation sites (tertiary alicyclic amines) is 1. The SMILES string of the molecule is Cn1nnnc1SCC(=O)N1CCCCC1C(F)(F)F. The molecule has 1 saturated heterocycles. The second-order valence-corrected chi connectivity index (χ2v) is 5.46. The number of carbonyl (C=O) groups excluding carboxylic acids is 1. The van der Waals surface area contributed by atoms with Gasteiger partial charge in [0.2, 0.25) is 11.1 Å². The molecule has 0 aromatic carbocycles. The normalized spacial score (nSPS) is 20.2. The maximum absolute atomic E-state index is 12.9. The summed E-state index contributed by atoms with van der Waals surface area (Å²) in [6.45, 7) is 0.153. The number of tetrazole rings is 1. The van der Waals surface area contributed by atoms with E-state index in [2.05, 4.69) is 15.5 Å². The number of alkyl halides is 3. The van der Waals surface area contributed by atoms with Crippen LogP contribution < -0.4 is 0 Å². The first-order valence-corrected chi connectivity index (χ1v) is 7.09. The molecule has 10 heteroatoms. The maximum Gasteiger partial charge on any atom is 0.408 e. The van der Waals surface area contributed by atoms with Gasteiger partial charge in [-0.15, -0.1) is 5.10 Å². The summed E-state index contributed by atoms with van der Waals surface area (Å²) in [6.07, 6.45) is -3.29. The van der Waals surface area contributed by atoms with Crippen LogP contribution in [-0.4, -0.2) is 55.5 Å². The molecule has 1 amide bonds. The number of nitrogens with zero attached hydrogens (tertiary/aromatic N) is 5. The molecule has 0 bridgehead atoms. The van der Waals surface area contributed by atoms with Gasteiger partial charge in [-0.05, 0) is 29.7 Å². The molecule has 1 aromatic heterocycles. The molecule has 0 saturated carbocycles. The summed E-state index contributed by atoms with van der Waals surface area (Å²) in [5.74, 6) is -0.624. The molecular weight excluding hydrogens is 295 g/mol. The predicted molar refractivity (Wildman–Crippen MR) is 64.9 cm³/mol. The van der Waals surface area contributed by atoms with E-state index in [1.54, 1.807) is 7.05 Å². The van der Waals surface area contributed by atoms with Crippen LogP contribution in [0.2, 0.25) is 0 Å². The Morgan fingerprint density at radius 3 is 2.80 bits per heavy atom. The van der Waals surface area contributed by atoms with Gasteiger partial charge in [0.15, 0.2) is 0 Å². The van der Waals surface area contributed by atoms with Gasteiger partial charge >= 0.3 is 6.18 Å². The summed E-state index contributed by atoms with van der Waals surface area (Å²) in [4.78, 5) is 12.9. The van der Waals surface area contributed by atoms with Gasteiger partial charge in [-0.2, -0.15) is 13.2 Å². The molecule has 1 aliphatic heterocycles. The van der Waals surface area contributed by atoms with E-state index in [1.807, 2.05) is 0 Å². The Bertz CT molecular complexity index is 478.